The van der Waals surface area contributed by atoms with Crippen molar-refractivity contribution in [1.82, 2.24) is 0 Å². The molecule has 100 valence electrons. The van der Waals surface area contributed by atoms with E-state index in [0.29, 0.717) is 19.1 Å². The Kier molecular flexibility index (Phi) is 5.20. The Morgan fingerprint density at radius 3 is 2.56 bits per heavy atom. The van der Waals surface area contributed by atoms with Gasteiger partial charge in [0.15, 0.2) is 11.5 Å². The van der Waals surface area contributed by atoms with E-state index in [2.05, 4.69) is 0 Å². The molecule has 0 radical (unpaired) electrons. The summed E-state index contributed by atoms with van der Waals surface area (Å²) >= 11 is 1.82. The zero-order valence-electron chi connectivity index (χ0n) is 10.7. The van der Waals surface area contributed by atoms with Crippen LogP contribution >= 0.6 is 11.8 Å². The Morgan fingerprint density at radius 1 is 1.22 bits per heavy atom. The summed E-state index contributed by atoms with van der Waals surface area (Å²) < 4.78 is 11.3. The number of rotatable bonds is 6. The van der Waals surface area contributed by atoms with Crippen molar-refractivity contribution in [3.63, 3.8) is 0 Å². The minimum Gasteiger partial charge on any atom is -0.490 e. The van der Waals surface area contributed by atoms with Crippen molar-refractivity contribution in [2.75, 3.05) is 24.7 Å². The van der Waals surface area contributed by atoms with Gasteiger partial charge < -0.3 is 14.6 Å². The first-order valence-electron chi connectivity index (χ1n) is 6.41. The van der Waals surface area contributed by atoms with E-state index < -0.39 is 0 Å². The monoisotopic (exact) mass is 268 g/mol. The summed E-state index contributed by atoms with van der Waals surface area (Å²) in [6.07, 6.45) is 0.731. The van der Waals surface area contributed by atoms with Crippen LogP contribution in [0.3, 0.4) is 0 Å². The van der Waals surface area contributed by atoms with Crippen molar-refractivity contribution in [3.8, 4) is 11.5 Å². The first kappa shape index (κ1) is 13.6. The summed E-state index contributed by atoms with van der Waals surface area (Å²) in [5.41, 5.74) is 0. The minimum absolute atomic E-state index is 0.166. The predicted octanol–water partition coefficient (Wildman–Crippen LogP) is 2.58. The molecule has 0 aliphatic carbocycles. The summed E-state index contributed by atoms with van der Waals surface area (Å²) in [6, 6.07) is 7.72. The normalized spacial score (nSPS) is 23.0. The van der Waals surface area contributed by atoms with E-state index in [1.54, 1.807) is 0 Å². The van der Waals surface area contributed by atoms with Gasteiger partial charge in [0.1, 0.15) is 0 Å². The van der Waals surface area contributed by atoms with E-state index in [0.717, 1.165) is 29.4 Å². The fourth-order valence-electron chi connectivity index (χ4n) is 2.03. The second-order valence-corrected chi connectivity index (χ2v) is 5.46. The second-order valence-electron chi connectivity index (χ2n) is 4.38. The number of para-hydroxylation sites is 2. The van der Waals surface area contributed by atoms with Gasteiger partial charge in [-0.05, 0) is 37.1 Å². The molecule has 0 aromatic heterocycles. The van der Waals surface area contributed by atoms with Crippen LogP contribution in [0.1, 0.15) is 13.3 Å². The van der Waals surface area contributed by atoms with E-state index in [4.69, 9.17) is 9.47 Å². The van der Waals surface area contributed by atoms with E-state index in [-0.39, 0.29) is 6.10 Å². The number of aliphatic hydroxyl groups excluding tert-OH is 1. The molecule has 0 saturated carbocycles. The minimum atomic E-state index is -0.166. The molecule has 4 heteroatoms. The molecule has 18 heavy (non-hydrogen) atoms. The number of hydrogen-bond donors (Lipinski definition) is 1. The van der Waals surface area contributed by atoms with Gasteiger partial charge in [-0.15, -0.1) is 0 Å². The smallest absolute Gasteiger partial charge is 0.161 e. The summed E-state index contributed by atoms with van der Waals surface area (Å²) in [7, 11) is 0. The van der Waals surface area contributed by atoms with Crippen LogP contribution in [0.4, 0.5) is 0 Å². The molecule has 1 N–H and O–H groups in total. The van der Waals surface area contributed by atoms with Crippen LogP contribution in [0.5, 0.6) is 11.5 Å². The maximum absolute atomic E-state index is 9.72. The average Bonchev–Trinajstić information content (AvgIpc) is 2.78. The topological polar surface area (TPSA) is 38.7 Å². The van der Waals surface area contributed by atoms with Gasteiger partial charge in [0.05, 0.1) is 19.3 Å². The van der Waals surface area contributed by atoms with Crippen LogP contribution in [-0.4, -0.2) is 35.9 Å². The molecule has 1 fully saturated rings. The van der Waals surface area contributed by atoms with Crippen LogP contribution in [0.15, 0.2) is 24.3 Å². The highest BCUT2D eigenvalue weighted by Crippen LogP contribution is 2.29. The molecule has 1 aromatic carbocycles. The van der Waals surface area contributed by atoms with Crippen molar-refractivity contribution in [3.05, 3.63) is 24.3 Å². The summed E-state index contributed by atoms with van der Waals surface area (Å²) in [4.78, 5) is 0. The van der Waals surface area contributed by atoms with Crippen LogP contribution < -0.4 is 9.47 Å². The van der Waals surface area contributed by atoms with Gasteiger partial charge in [-0.25, -0.2) is 0 Å². The zero-order chi connectivity index (χ0) is 12.8. The van der Waals surface area contributed by atoms with Gasteiger partial charge in [0, 0.05) is 5.75 Å². The number of hydrogen-bond acceptors (Lipinski definition) is 4. The lowest BCUT2D eigenvalue weighted by molar-refractivity contribution is 0.131. The van der Waals surface area contributed by atoms with E-state index in [1.807, 2.05) is 43.0 Å². The molecule has 1 aromatic rings. The SMILES string of the molecule is CCOc1ccccc1OCCC1CSCC1O. The molecule has 2 unspecified atom stereocenters. The highest BCUT2D eigenvalue weighted by atomic mass is 32.2. The Bertz CT molecular complexity index is 370. The van der Waals surface area contributed by atoms with E-state index in [9.17, 15) is 5.11 Å². The van der Waals surface area contributed by atoms with Gasteiger partial charge in [-0.3, -0.25) is 0 Å². The predicted molar refractivity (Wildman–Crippen MR) is 74.5 cm³/mol. The van der Waals surface area contributed by atoms with Crippen molar-refractivity contribution < 1.29 is 14.6 Å². The van der Waals surface area contributed by atoms with Crippen LogP contribution in [0.25, 0.3) is 0 Å². The Labute approximate surface area is 112 Å². The molecule has 2 atom stereocenters. The summed E-state index contributed by atoms with van der Waals surface area (Å²) in [5, 5.41) is 9.72. The highest BCUT2D eigenvalue weighted by molar-refractivity contribution is 7.99. The third-order valence-corrected chi connectivity index (χ3v) is 4.30. The summed E-state index contributed by atoms with van der Waals surface area (Å²) in [5.74, 6) is 3.85. The molecule has 1 saturated heterocycles. The Balaban J connectivity index is 1.82. The van der Waals surface area contributed by atoms with Crippen LogP contribution in [-0.2, 0) is 0 Å². The molecule has 0 amide bonds. The summed E-state index contributed by atoms with van der Waals surface area (Å²) in [6.45, 7) is 3.23. The third-order valence-electron chi connectivity index (χ3n) is 3.06. The van der Waals surface area contributed by atoms with Gasteiger partial charge >= 0.3 is 0 Å². The average molecular weight is 268 g/mol. The lowest BCUT2D eigenvalue weighted by Crippen LogP contribution is -2.20. The van der Waals surface area contributed by atoms with Gasteiger partial charge in [0.2, 0.25) is 0 Å². The van der Waals surface area contributed by atoms with Crippen molar-refractivity contribution >= 4 is 11.8 Å². The molecule has 0 bridgehead atoms. The molecule has 3 nitrogen and oxygen atoms in total. The van der Waals surface area contributed by atoms with E-state index >= 15 is 0 Å². The fourth-order valence-corrected chi connectivity index (χ4v) is 3.37. The second kappa shape index (κ2) is 6.90. The molecule has 0 spiro atoms. The Hall–Kier alpha value is -0.870. The Morgan fingerprint density at radius 2 is 1.94 bits per heavy atom. The largest absolute Gasteiger partial charge is 0.490 e. The van der Waals surface area contributed by atoms with Gasteiger partial charge in [-0.2, -0.15) is 11.8 Å². The van der Waals surface area contributed by atoms with E-state index in [1.165, 1.54) is 0 Å². The lowest BCUT2D eigenvalue weighted by Gasteiger charge is -2.15. The quantitative estimate of drug-likeness (QED) is 0.860. The van der Waals surface area contributed by atoms with Gasteiger partial charge in [-0.1, -0.05) is 12.1 Å². The maximum atomic E-state index is 9.72. The number of benzene rings is 1. The first-order valence-corrected chi connectivity index (χ1v) is 7.57. The third kappa shape index (κ3) is 3.56. The maximum Gasteiger partial charge on any atom is 0.161 e. The molecule has 1 heterocycles. The number of aliphatic hydroxyl groups is 1. The van der Waals surface area contributed by atoms with Crippen molar-refractivity contribution in [2.45, 2.75) is 19.4 Å². The first-order chi connectivity index (χ1) is 8.81. The molecular formula is C14H20O3S. The molecule has 2 rings (SSSR count). The van der Waals surface area contributed by atoms with Crippen LogP contribution in [0.2, 0.25) is 0 Å². The highest BCUT2D eigenvalue weighted by Gasteiger charge is 2.25. The van der Waals surface area contributed by atoms with Crippen molar-refractivity contribution in [2.24, 2.45) is 5.92 Å². The lowest BCUT2D eigenvalue weighted by atomic mass is 10.0. The number of thioether (sulfide) groups is 1. The molecule has 1 aliphatic heterocycles. The van der Waals surface area contributed by atoms with Crippen molar-refractivity contribution in [1.29, 1.82) is 0 Å². The molecular weight excluding hydrogens is 248 g/mol. The van der Waals surface area contributed by atoms with Gasteiger partial charge in [0.25, 0.3) is 0 Å². The number of ether oxygens (including phenoxy) is 2. The standard InChI is InChI=1S/C14H20O3S/c1-2-16-13-5-3-4-6-14(13)17-8-7-11-9-18-10-12(11)15/h3-6,11-12,15H,2,7-10H2,1H3. The van der Waals surface area contributed by atoms with Crippen LogP contribution in [0, 0.1) is 5.92 Å². The zero-order valence-corrected chi connectivity index (χ0v) is 11.5. The molecule has 1 aliphatic rings. The fraction of sp³-hybridized carbons (Fsp3) is 0.571.